The highest BCUT2D eigenvalue weighted by Gasteiger charge is 2.10. The van der Waals surface area contributed by atoms with Crippen molar-refractivity contribution in [1.82, 2.24) is 4.90 Å². The van der Waals surface area contributed by atoms with E-state index in [9.17, 15) is 0 Å². The van der Waals surface area contributed by atoms with Gasteiger partial charge in [0.05, 0.1) is 0 Å². The minimum absolute atomic E-state index is 0. The van der Waals surface area contributed by atoms with Gasteiger partial charge in [0.2, 0.25) is 0 Å². The first-order chi connectivity index (χ1) is 4.59. The Balaban J connectivity index is 0. The molecule has 0 aromatic heterocycles. The van der Waals surface area contributed by atoms with Crippen molar-refractivity contribution in [2.24, 2.45) is 0 Å². The average molecular weight is 190 g/mol. The lowest BCUT2D eigenvalue weighted by Crippen LogP contribution is -2.38. The van der Waals surface area contributed by atoms with Crippen molar-refractivity contribution in [1.29, 1.82) is 0 Å². The minimum atomic E-state index is 0. The van der Waals surface area contributed by atoms with Gasteiger partial charge in [0, 0.05) is 24.5 Å². The van der Waals surface area contributed by atoms with E-state index in [-0.39, 0.29) is 23.1 Å². The van der Waals surface area contributed by atoms with E-state index in [1.165, 1.54) is 0 Å². The van der Waals surface area contributed by atoms with E-state index in [2.05, 4.69) is 32.6 Å². The first-order valence-corrected chi connectivity index (χ1v) is 4.44. The van der Waals surface area contributed by atoms with Crippen LogP contribution in [0.25, 0.3) is 0 Å². The average Bonchev–Trinajstić information content (AvgIpc) is 1.81. The first kappa shape index (κ1) is 14.5. The van der Waals surface area contributed by atoms with Gasteiger partial charge in [0.25, 0.3) is 0 Å². The summed E-state index contributed by atoms with van der Waals surface area (Å²) in [5.41, 5.74) is 0. The van der Waals surface area contributed by atoms with Crippen molar-refractivity contribution in [3.05, 3.63) is 0 Å². The highest BCUT2D eigenvalue weighted by Crippen LogP contribution is 2.03. The van der Waals surface area contributed by atoms with Gasteiger partial charge in [-0.25, -0.2) is 0 Å². The van der Waals surface area contributed by atoms with Crippen LogP contribution in [-0.4, -0.2) is 52.5 Å². The molecular formula is C8H20ClMgN. The third kappa shape index (κ3) is 6.20. The van der Waals surface area contributed by atoms with Gasteiger partial charge in [-0.3, -0.25) is 4.90 Å². The predicted octanol–water partition coefficient (Wildman–Crippen LogP) is 1.43. The minimum Gasteiger partial charge on any atom is -0.297 e. The molecule has 0 saturated heterocycles. The second-order valence-corrected chi connectivity index (χ2v) is 3.49. The Morgan fingerprint density at radius 1 is 1.09 bits per heavy atom. The van der Waals surface area contributed by atoms with Crippen molar-refractivity contribution >= 4 is 34.7 Å². The van der Waals surface area contributed by atoms with Crippen molar-refractivity contribution in [2.75, 3.05) is 12.4 Å². The van der Waals surface area contributed by atoms with E-state index < -0.39 is 0 Å². The monoisotopic (exact) mass is 189 g/mol. The molecule has 0 heterocycles. The Morgan fingerprint density at radius 3 is 1.55 bits per heavy atom. The molecule has 0 aliphatic heterocycles. The van der Waals surface area contributed by atoms with Gasteiger partial charge in [-0.15, -0.1) is 11.6 Å². The molecule has 0 N–H and O–H groups in total. The second kappa shape index (κ2) is 7.65. The Morgan fingerprint density at radius 2 is 1.45 bits per heavy atom. The fraction of sp³-hybridized carbons (Fsp3) is 1.00. The molecule has 0 bridgehead atoms. The summed E-state index contributed by atoms with van der Waals surface area (Å²) in [4.78, 5) is 2.38. The molecule has 0 spiro atoms. The van der Waals surface area contributed by atoms with Crippen molar-refractivity contribution in [3.8, 4) is 0 Å². The molecule has 0 aromatic carbocycles. The zero-order chi connectivity index (χ0) is 8.15. The zero-order valence-electron chi connectivity index (χ0n) is 7.39. The maximum atomic E-state index is 5.64. The summed E-state index contributed by atoms with van der Waals surface area (Å²) in [6.07, 6.45) is 0. The summed E-state index contributed by atoms with van der Waals surface area (Å²) in [5.74, 6) is 0.732. The highest BCUT2D eigenvalue weighted by atomic mass is 35.5. The molecule has 0 aromatic rings. The number of halogens is 1. The summed E-state index contributed by atoms with van der Waals surface area (Å²) >= 11 is 5.64. The van der Waals surface area contributed by atoms with Crippen LogP contribution in [0.2, 0.25) is 0 Å². The molecule has 0 fully saturated rings. The Hall–Kier alpha value is 1.02. The Labute approximate surface area is 91.6 Å². The van der Waals surface area contributed by atoms with Crippen LogP contribution in [0.3, 0.4) is 0 Å². The van der Waals surface area contributed by atoms with Crippen LogP contribution in [0.5, 0.6) is 0 Å². The molecule has 0 radical (unpaired) electrons. The van der Waals surface area contributed by atoms with E-state index in [4.69, 9.17) is 11.6 Å². The topological polar surface area (TPSA) is 3.24 Å². The van der Waals surface area contributed by atoms with Crippen molar-refractivity contribution < 1.29 is 0 Å². The van der Waals surface area contributed by atoms with Gasteiger partial charge in [-0.1, -0.05) is 0 Å². The van der Waals surface area contributed by atoms with Gasteiger partial charge in [-0.2, -0.15) is 0 Å². The molecule has 66 valence electrons. The van der Waals surface area contributed by atoms with Gasteiger partial charge < -0.3 is 0 Å². The van der Waals surface area contributed by atoms with Crippen LogP contribution in [0.1, 0.15) is 27.7 Å². The largest absolute Gasteiger partial charge is 0.316 e. The summed E-state index contributed by atoms with van der Waals surface area (Å²) in [7, 11) is 0. The number of hydrogen-bond donors (Lipinski definition) is 0. The molecule has 11 heavy (non-hydrogen) atoms. The normalized spacial score (nSPS) is 10.9. The molecular weight excluding hydrogens is 170 g/mol. The Kier molecular flexibility index (Phi) is 10.1. The maximum absolute atomic E-state index is 5.64. The maximum Gasteiger partial charge on any atom is 0.316 e. The van der Waals surface area contributed by atoms with Gasteiger partial charge in [0.1, 0.15) is 0 Å². The lowest BCUT2D eigenvalue weighted by Gasteiger charge is -2.29. The van der Waals surface area contributed by atoms with E-state index >= 15 is 0 Å². The standard InChI is InChI=1S/C8H18ClN.Mg.2H/c1-7(2)10(6-5-9)8(3)4;;;/h7-8H,5-6H2,1-4H3;;;. The fourth-order valence-corrected chi connectivity index (χ4v) is 1.41. The summed E-state index contributed by atoms with van der Waals surface area (Å²) < 4.78 is 0. The van der Waals surface area contributed by atoms with Crippen LogP contribution in [0.4, 0.5) is 0 Å². The summed E-state index contributed by atoms with van der Waals surface area (Å²) in [6, 6.07) is 1.22. The molecule has 3 heteroatoms. The van der Waals surface area contributed by atoms with Gasteiger partial charge >= 0.3 is 23.1 Å². The molecule has 0 amide bonds. The van der Waals surface area contributed by atoms with Crippen molar-refractivity contribution in [3.63, 3.8) is 0 Å². The van der Waals surface area contributed by atoms with Crippen LogP contribution >= 0.6 is 11.6 Å². The van der Waals surface area contributed by atoms with Gasteiger partial charge in [0.15, 0.2) is 0 Å². The predicted molar refractivity (Wildman–Crippen MR) is 56.2 cm³/mol. The molecule has 0 saturated carbocycles. The van der Waals surface area contributed by atoms with E-state index in [0.29, 0.717) is 12.1 Å². The molecule has 1 nitrogen and oxygen atoms in total. The van der Waals surface area contributed by atoms with Crippen LogP contribution < -0.4 is 0 Å². The smallest absolute Gasteiger partial charge is 0.297 e. The number of hydrogen-bond acceptors (Lipinski definition) is 1. The quantitative estimate of drug-likeness (QED) is 0.478. The number of nitrogens with zero attached hydrogens (tertiary/aromatic N) is 1. The molecule has 0 atom stereocenters. The van der Waals surface area contributed by atoms with Crippen molar-refractivity contribution in [2.45, 2.75) is 39.8 Å². The third-order valence-corrected chi connectivity index (χ3v) is 1.84. The third-order valence-electron chi connectivity index (χ3n) is 1.67. The second-order valence-electron chi connectivity index (χ2n) is 3.11. The Bertz CT molecular complexity index is 78.2. The lowest BCUT2D eigenvalue weighted by molar-refractivity contribution is 0.187. The number of rotatable bonds is 4. The molecule has 0 aliphatic rings. The van der Waals surface area contributed by atoms with Crippen LogP contribution in [0, 0.1) is 0 Å². The molecule has 0 rings (SSSR count). The van der Waals surface area contributed by atoms with Crippen LogP contribution in [-0.2, 0) is 0 Å². The van der Waals surface area contributed by atoms with Gasteiger partial charge in [-0.05, 0) is 27.7 Å². The molecule has 0 aliphatic carbocycles. The first-order valence-electron chi connectivity index (χ1n) is 3.91. The number of alkyl halides is 1. The lowest BCUT2D eigenvalue weighted by atomic mass is 10.2. The fourth-order valence-electron chi connectivity index (χ4n) is 1.21. The SMILES string of the molecule is CC(C)N(CCCl)C(C)C.[MgH2]. The highest BCUT2D eigenvalue weighted by molar-refractivity contribution is 6.18. The van der Waals surface area contributed by atoms with Crippen LogP contribution in [0.15, 0.2) is 0 Å². The zero-order valence-corrected chi connectivity index (χ0v) is 8.15. The van der Waals surface area contributed by atoms with E-state index in [1.807, 2.05) is 0 Å². The van der Waals surface area contributed by atoms with E-state index in [0.717, 1.165) is 12.4 Å². The van der Waals surface area contributed by atoms with E-state index in [1.54, 1.807) is 0 Å². The molecule has 0 unspecified atom stereocenters. The summed E-state index contributed by atoms with van der Waals surface area (Å²) in [5, 5.41) is 0. The summed E-state index contributed by atoms with van der Waals surface area (Å²) in [6.45, 7) is 9.80.